The van der Waals surface area contributed by atoms with Crippen molar-refractivity contribution < 1.29 is 4.42 Å². The van der Waals surface area contributed by atoms with Crippen LogP contribution in [0.25, 0.3) is 33.4 Å². The molecule has 33 heavy (non-hydrogen) atoms. The number of hydrogen-bond acceptors (Lipinski definition) is 1. The lowest BCUT2D eigenvalue weighted by molar-refractivity contribution is 0.630. The standard InChI is InChI=1S/C32H38O/c1-3-5-7-8-10-13-25-17-19-27(20-18-25)32-24-29-23-28(21-22-31(29)33-32)30-16-12-11-15-26(30)14-9-6-4-2/h11-12,15-24H,3-10,13-14H2,1-2H3. The number of benzene rings is 3. The molecule has 1 heteroatoms. The zero-order chi connectivity index (χ0) is 22.9. The van der Waals surface area contributed by atoms with Crippen molar-refractivity contribution in [1.82, 2.24) is 0 Å². The van der Waals surface area contributed by atoms with Crippen molar-refractivity contribution >= 4 is 11.0 Å². The molecule has 0 unspecified atom stereocenters. The average molecular weight is 439 g/mol. The van der Waals surface area contributed by atoms with Crippen molar-refractivity contribution in [3.05, 3.63) is 83.9 Å². The Balaban J connectivity index is 1.49. The molecule has 0 saturated heterocycles. The molecule has 1 nitrogen and oxygen atoms in total. The summed E-state index contributed by atoms with van der Waals surface area (Å²) < 4.78 is 6.22. The molecule has 4 aromatic rings. The lowest BCUT2D eigenvalue weighted by Gasteiger charge is -2.09. The minimum absolute atomic E-state index is 0.952. The van der Waals surface area contributed by atoms with Gasteiger partial charge in [0.25, 0.3) is 0 Å². The molecule has 0 saturated carbocycles. The van der Waals surface area contributed by atoms with Crippen LogP contribution < -0.4 is 0 Å². The number of hydrogen-bond donors (Lipinski definition) is 0. The maximum absolute atomic E-state index is 6.22. The Labute approximate surface area is 199 Å². The quantitative estimate of drug-likeness (QED) is 0.201. The fraction of sp³-hybridized carbons (Fsp3) is 0.375. The number of unbranched alkanes of at least 4 members (excludes halogenated alkanes) is 6. The molecule has 0 spiro atoms. The largest absolute Gasteiger partial charge is 0.456 e. The van der Waals surface area contributed by atoms with Gasteiger partial charge in [-0.1, -0.05) is 107 Å². The lowest BCUT2D eigenvalue weighted by Crippen LogP contribution is -1.90. The van der Waals surface area contributed by atoms with Crippen molar-refractivity contribution in [3.8, 4) is 22.5 Å². The smallest absolute Gasteiger partial charge is 0.135 e. The molecule has 4 rings (SSSR count). The number of fused-ring (bicyclic) bond motifs is 1. The molecule has 0 N–H and O–H groups in total. The molecule has 0 fully saturated rings. The van der Waals surface area contributed by atoms with Crippen LogP contribution in [0.1, 0.15) is 76.3 Å². The average Bonchev–Trinajstić information content (AvgIpc) is 3.28. The Hall–Kier alpha value is -2.80. The van der Waals surface area contributed by atoms with E-state index in [0.29, 0.717) is 0 Å². The maximum Gasteiger partial charge on any atom is 0.135 e. The van der Waals surface area contributed by atoms with E-state index in [9.17, 15) is 0 Å². The summed E-state index contributed by atoms with van der Waals surface area (Å²) in [6, 6.07) is 26.6. The molecule has 0 aliphatic heterocycles. The van der Waals surface area contributed by atoms with Crippen LogP contribution >= 0.6 is 0 Å². The second kappa shape index (κ2) is 11.9. The van der Waals surface area contributed by atoms with Gasteiger partial charge in [0, 0.05) is 10.9 Å². The number of aryl methyl sites for hydroxylation is 2. The van der Waals surface area contributed by atoms with E-state index in [-0.39, 0.29) is 0 Å². The van der Waals surface area contributed by atoms with Gasteiger partial charge in [-0.05, 0) is 66.1 Å². The van der Waals surface area contributed by atoms with Crippen molar-refractivity contribution in [3.63, 3.8) is 0 Å². The second-order valence-corrected chi connectivity index (χ2v) is 9.34. The molecular formula is C32H38O. The van der Waals surface area contributed by atoms with E-state index >= 15 is 0 Å². The van der Waals surface area contributed by atoms with Crippen LogP contribution in [0.15, 0.2) is 77.2 Å². The normalized spacial score (nSPS) is 11.3. The number of furan rings is 1. The van der Waals surface area contributed by atoms with E-state index < -0.39 is 0 Å². The summed E-state index contributed by atoms with van der Waals surface area (Å²) in [5.41, 5.74) is 7.61. The summed E-state index contributed by atoms with van der Waals surface area (Å²) in [5, 5.41) is 1.17. The van der Waals surface area contributed by atoms with Crippen molar-refractivity contribution in [1.29, 1.82) is 0 Å². The van der Waals surface area contributed by atoms with E-state index in [1.807, 2.05) is 0 Å². The van der Waals surface area contributed by atoms with Crippen molar-refractivity contribution in [2.45, 2.75) is 78.1 Å². The van der Waals surface area contributed by atoms with Gasteiger partial charge in [0.15, 0.2) is 0 Å². The first-order valence-corrected chi connectivity index (χ1v) is 13.0. The SMILES string of the molecule is CCCCCCCc1ccc(-c2cc3cc(-c4ccccc4CCCCC)ccc3o2)cc1. The highest BCUT2D eigenvalue weighted by Crippen LogP contribution is 2.33. The fourth-order valence-corrected chi connectivity index (χ4v) is 4.71. The Morgan fingerprint density at radius 3 is 2.12 bits per heavy atom. The minimum atomic E-state index is 0.952. The Morgan fingerprint density at radius 2 is 1.30 bits per heavy atom. The van der Waals surface area contributed by atoms with E-state index in [1.54, 1.807) is 0 Å². The molecule has 1 heterocycles. The van der Waals surface area contributed by atoms with Gasteiger partial charge in [-0.15, -0.1) is 0 Å². The summed E-state index contributed by atoms with van der Waals surface area (Å²) in [5.74, 6) is 0.952. The Morgan fingerprint density at radius 1 is 0.606 bits per heavy atom. The second-order valence-electron chi connectivity index (χ2n) is 9.34. The highest BCUT2D eigenvalue weighted by atomic mass is 16.3. The van der Waals surface area contributed by atoms with Crippen LogP contribution in [0.2, 0.25) is 0 Å². The molecule has 0 aliphatic carbocycles. The molecule has 0 aliphatic rings. The van der Waals surface area contributed by atoms with Crippen molar-refractivity contribution in [2.75, 3.05) is 0 Å². The van der Waals surface area contributed by atoms with Gasteiger partial charge in [0.05, 0.1) is 0 Å². The summed E-state index contributed by atoms with van der Waals surface area (Å²) in [4.78, 5) is 0. The van der Waals surface area contributed by atoms with Crippen LogP contribution in [0.3, 0.4) is 0 Å². The molecule has 0 amide bonds. The Kier molecular flexibility index (Phi) is 8.41. The van der Waals surface area contributed by atoms with E-state index in [2.05, 4.69) is 86.6 Å². The first-order chi connectivity index (χ1) is 16.3. The highest BCUT2D eigenvalue weighted by molar-refractivity contribution is 5.87. The monoisotopic (exact) mass is 438 g/mol. The molecule has 172 valence electrons. The van der Waals surface area contributed by atoms with Crippen LogP contribution in [-0.2, 0) is 12.8 Å². The molecular weight excluding hydrogens is 400 g/mol. The zero-order valence-electron chi connectivity index (χ0n) is 20.4. The molecule has 0 radical (unpaired) electrons. The molecule has 0 bridgehead atoms. The van der Waals surface area contributed by atoms with Crippen LogP contribution in [0.4, 0.5) is 0 Å². The first-order valence-electron chi connectivity index (χ1n) is 13.0. The summed E-state index contributed by atoms with van der Waals surface area (Å²) in [7, 11) is 0. The Bertz CT molecular complexity index is 1130. The summed E-state index contributed by atoms with van der Waals surface area (Å²) in [6.07, 6.45) is 12.8. The predicted octanol–water partition coefficient (Wildman–Crippen LogP) is 10.0. The first kappa shape index (κ1) is 23.4. The zero-order valence-corrected chi connectivity index (χ0v) is 20.4. The van der Waals surface area contributed by atoms with Gasteiger partial charge in [0.1, 0.15) is 11.3 Å². The van der Waals surface area contributed by atoms with Crippen LogP contribution in [-0.4, -0.2) is 0 Å². The van der Waals surface area contributed by atoms with Crippen LogP contribution in [0.5, 0.6) is 0 Å². The number of rotatable bonds is 12. The molecule has 0 atom stereocenters. The van der Waals surface area contributed by atoms with Gasteiger partial charge in [-0.3, -0.25) is 0 Å². The molecule has 3 aromatic carbocycles. The minimum Gasteiger partial charge on any atom is -0.456 e. The molecule has 1 aromatic heterocycles. The van der Waals surface area contributed by atoms with Gasteiger partial charge in [-0.2, -0.15) is 0 Å². The third kappa shape index (κ3) is 6.16. The predicted molar refractivity (Wildman–Crippen MR) is 143 cm³/mol. The highest BCUT2D eigenvalue weighted by Gasteiger charge is 2.10. The summed E-state index contributed by atoms with van der Waals surface area (Å²) >= 11 is 0. The fourth-order valence-electron chi connectivity index (χ4n) is 4.71. The van der Waals surface area contributed by atoms with E-state index in [4.69, 9.17) is 4.42 Å². The van der Waals surface area contributed by atoms with E-state index in [0.717, 1.165) is 23.3 Å². The third-order valence-electron chi connectivity index (χ3n) is 6.70. The summed E-state index contributed by atoms with van der Waals surface area (Å²) in [6.45, 7) is 4.53. The maximum atomic E-state index is 6.22. The van der Waals surface area contributed by atoms with Gasteiger partial charge in [-0.25, -0.2) is 0 Å². The lowest BCUT2D eigenvalue weighted by atomic mass is 9.95. The topological polar surface area (TPSA) is 13.1 Å². The van der Waals surface area contributed by atoms with Gasteiger partial charge in [0.2, 0.25) is 0 Å². The van der Waals surface area contributed by atoms with Gasteiger partial charge >= 0.3 is 0 Å². The van der Waals surface area contributed by atoms with Gasteiger partial charge < -0.3 is 4.42 Å². The van der Waals surface area contributed by atoms with Crippen molar-refractivity contribution in [2.24, 2.45) is 0 Å². The van der Waals surface area contributed by atoms with E-state index in [1.165, 1.54) is 85.4 Å². The third-order valence-corrected chi connectivity index (χ3v) is 6.70. The van der Waals surface area contributed by atoms with Crippen LogP contribution in [0, 0.1) is 0 Å².